The number of aromatic nitrogens is 1. The molecule has 0 saturated heterocycles. The number of carbonyl (C=O) groups excluding carboxylic acids is 2. The summed E-state index contributed by atoms with van der Waals surface area (Å²) in [5, 5.41) is 6.45. The van der Waals surface area contributed by atoms with Crippen molar-refractivity contribution in [1.82, 2.24) is 4.98 Å². The van der Waals surface area contributed by atoms with Crippen LogP contribution in [-0.4, -0.2) is 41.2 Å². The number of aliphatic imine (C=N–C) groups is 1. The summed E-state index contributed by atoms with van der Waals surface area (Å²) in [5.41, 5.74) is 4.85. The van der Waals surface area contributed by atoms with E-state index in [-0.39, 0.29) is 13.2 Å². The standard InChI is InChI=1S/C28H28BrN3O4S/c1-4-35-26(33)23-17(3)30-21(15-29)25(27(34)36-5-2)24(23)19-13-9-10-14-20(19)31-28-32-22(16-37-28)18-11-7-6-8-12-18/h6-14,16,23-24H,4-5,15H2,1-3H3,(H,31,32). The minimum atomic E-state index is -0.777. The lowest BCUT2D eigenvalue weighted by atomic mass is 9.75. The maximum Gasteiger partial charge on any atom is 0.336 e. The molecule has 192 valence electrons. The van der Waals surface area contributed by atoms with Crippen LogP contribution in [0.5, 0.6) is 0 Å². The fourth-order valence-electron chi connectivity index (χ4n) is 4.43. The van der Waals surface area contributed by atoms with Crippen LogP contribution in [0.3, 0.4) is 0 Å². The molecule has 1 aromatic heterocycles. The number of hydrogen-bond acceptors (Lipinski definition) is 8. The summed E-state index contributed by atoms with van der Waals surface area (Å²) in [6.45, 7) is 5.74. The predicted molar refractivity (Wildman–Crippen MR) is 151 cm³/mol. The van der Waals surface area contributed by atoms with Crippen LogP contribution in [0, 0.1) is 5.92 Å². The number of halogens is 1. The molecule has 7 nitrogen and oxygen atoms in total. The van der Waals surface area contributed by atoms with Gasteiger partial charge in [0.1, 0.15) is 5.92 Å². The van der Waals surface area contributed by atoms with Gasteiger partial charge in [-0.15, -0.1) is 11.3 Å². The molecule has 37 heavy (non-hydrogen) atoms. The third-order valence-electron chi connectivity index (χ3n) is 5.99. The summed E-state index contributed by atoms with van der Waals surface area (Å²) in [7, 11) is 0. The van der Waals surface area contributed by atoms with E-state index in [1.165, 1.54) is 11.3 Å². The molecule has 1 N–H and O–H groups in total. The van der Waals surface area contributed by atoms with Crippen LogP contribution >= 0.6 is 27.3 Å². The number of thiazole rings is 1. The van der Waals surface area contributed by atoms with E-state index >= 15 is 0 Å². The van der Waals surface area contributed by atoms with Crippen molar-refractivity contribution in [2.45, 2.75) is 26.7 Å². The van der Waals surface area contributed by atoms with Gasteiger partial charge in [-0.1, -0.05) is 64.5 Å². The Morgan fingerprint density at radius 3 is 2.43 bits per heavy atom. The third-order valence-corrected chi connectivity index (χ3v) is 7.28. The van der Waals surface area contributed by atoms with E-state index in [2.05, 4.69) is 26.2 Å². The Balaban J connectivity index is 1.80. The van der Waals surface area contributed by atoms with Crippen LogP contribution in [0.1, 0.15) is 32.3 Å². The molecule has 2 heterocycles. The van der Waals surface area contributed by atoms with Gasteiger partial charge in [-0.2, -0.15) is 0 Å². The molecular weight excluding hydrogens is 554 g/mol. The average molecular weight is 583 g/mol. The summed E-state index contributed by atoms with van der Waals surface area (Å²) in [6.07, 6.45) is 0. The SMILES string of the molecule is CCOC(=O)C1=C(CBr)N=C(C)C(C(=O)OCC)C1c1ccccc1Nc1nc(-c2ccccc2)cs1. The summed E-state index contributed by atoms with van der Waals surface area (Å²) in [4.78, 5) is 35.9. The summed E-state index contributed by atoms with van der Waals surface area (Å²) < 4.78 is 10.9. The van der Waals surface area contributed by atoms with Gasteiger partial charge in [-0.25, -0.2) is 9.78 Å². The van der Waals surface area contributed by atoms with E-state index in [1.807, 2.05) is 60.0 Å². The van der Waals surface area contributed by atoms with Crippen molar-refractivity contribution in [2.24, 2.45) is 10.9 Å². The fraction of sp³-hybridized carbons (Fsp3) is 0.286. The first-order valence-corrected chi connectivity index (χ1v) is 14.0. The highest BCUT2D eigenvalue weighted by atomic mass is 79.9. The number of alkyl halides is 1. The zero-order valence-electron chi connectivity index (χ0n) is 20.9. The molecule has 1 aliphatic heterocycles. The van der Waals surface area contributed by atoms with Crippen LogP contribution in [0.2, 0.25) is 0 Å². The summed E-state index contributed by atoms with van der Waals surface area (Å²) >= 11 is 4.95. The Hall–Kier alpha value is -3.30. The first kappa shape index (κ1) is 26.8. The van der Waals surface area contributed by atoms with Crippen molar-refractivity contribution in [3.05, 3.63) is 76.8 Å². The molecule has 3 aromatic rings. The maximum absolute atomic E-state index is 13.3. The van der Waals surface area contributed by atoms with Crippen LogP contribution in [0.25, 0.3) is 11.3 Å². The van der Waals surface area contributed by atoms with Gasteiger partial charge in [0.2, 0.25) is 0 Å². The van der Waals surface area contributed by atoms with E-state index in [0.717, 1.165) is 22.5 Å². The highest BCUT2D eigenvalue weighted by Gasteiger charge is 2.43. The topological polar surface area (TPSA) is 89.9 Å². The second kappa shape index (κ2) is 12.3. The molecule has 2 unspecified atom stereocenters. The Bertz CT molecular complexity index is 1340. The van der Waals surface area contributed by atoms with Gasteiger partial charge >= 0.3 is 11.9 Å². The molecule has 0 spiro atoms. The number of benzene rings is 2. The molecule has 0 fully saturated rings. The van der Waals surface area contributed by atoms with Crippen molar-refractivity contribution < 1.29 is 19.1 Å². The number of ether oxygens (including phenoxy) is 2. The monoisotopic (exact) mass is 581 g/mol. The van der Waals surface area contributed by atoms with Gasteiger partial charge in [-0.05, 0) is 32.4 Å². The number of rotatable bonds is 9. The number of allylic oxidation sites excluding steroid dienone is 1. The number of nitrogens with one attached hydrogen (secondary N) is 1. The smallest absolute Gasteiger partial charge is 0.336 e. The Morgan fingerprint density at radius 1 is 1.03 bits per heavy atom. The van der Waals surface area contributed by atoms with E-state index in [4.69, 9.17) is 14.5 Å². The normalized spacial score (nSPS) is 17.2. The second-order valence-electron chi connectivity index (χ2n) is 8.29. The van der Waals surface area contributed by atoms with Gasteiger partial charge in [0.05, 0.1) is 30.2 Å². The van der Waals surface area contributed by atoms with E-state index < -0.39 is 23.8 Å². The zero-order chi connectivity index (χ0) is 26.4. The zero-order valence-corrected chi connectivity index (χ0v) is 23.3. The van der Waals surface area contributed by atoms with Crippen LogP contribution in [0.4, 0.5) is 10.8 Å². The highest BCUT2D eigenvalue weighted by molar-refractivity contribution is 9.09. The molecule has 0 radical (unpaired) electrons. The van der Waals surface area contributed by atoms with Crippen LogP contribution < -0.4 is 5.32 Å². The molecule has 0 amide bonds. The van der Waals surface area contributed by atoms with E-state index in [9.17, 15) is 9.59 Å². The number of esters is 2. The molecule has 2 atom stereocenters. The average Bonchev–Trinajstić information content (AvgIpc) is 3.37. The minimum absolute atomic E-state index is 0.207. The number of nitrogens with zero attached hydrogens (tertiary/aromatic N) is 2. The van der Waals surface area contributed by atoms with Crippen molar-refractivity contribution in [3.8, 4) is 11.3 Å². The molecule has 0 bridgehead atoms. The third kappa shape index (κ3) is 5.83. The molecule has 0 aliphatic carbocycles. The lowest BCUT2D eigenvalue weighted by Crippen LogP contribution is -2.37. The Kier molecular flexibility index (Phi) is 8.89. The minimum Gasteiger partial charge on any atom is -0.465 e. The largest absolute Gasteiger partial charge is 0.465 e. The Morgan fingerprint density at radius 2 is 1.73 bits per heavy atom. The van der Waals surface area contributed by atoms with Crippen molar-refractivity contribution in [1.29, 1.82) is 0 Å². The first-order valence-electron chi connectivity index (χ1n) is 12.0. The predicted octanol–water partition coefficient (Wildman–Crippen LogP) is 6.50. The van der Waals surface area contributed by atoms with Gasteiger partial charge in [-0.3, -0.25) is 9.79 Å². The first-order chi connectivity index (χ1) is 18.0. The van der Waals surface area contributed by atoms with E-state index in [0.29, 0.717) is 27.4 Å². The second-order valence-corrected chi connectivity index (χ2v) is 9.71. The quantitative estimate of drug-likeness (QED) is 0.229. The molecule has 2 aromatic carbocycles. The lowest BCUT2D eigenvalue weighted by Gasteiger charge is -2.33. The van der Waals surface area contributed by atoms with Crippen molar-refractivity contribution >= 4 is 55.7 Å². The highest BCUT2D eigenvalue weighted by Crippen LogP contribution is 2.44. The number of para-hydroxylation sites is 1. The fourth-order valence-corrected chi connectivity index (χ4v) is 5.59. The number of anilines is 2. The van der Waals surface area contributed by atoms with Crippen molar-refractivity contribution in [2.75, 3.05) is 23.9 Å². The molecule has 0 saturated carbocycles. The summed E-state index contributed by atoms with van der Waals surface area (Å²) in [5.74, 6) is -2.36. The lowest BCUT2D eigenvalue weighted by molar-refractivity contribution is -0.146. The molecule has 9 heteroatoms. The number of carbonyl (C=O) groups is 2. The van der Waals surface area contributed by atoms with E-state index in [1.54, 1.807) is 20.8 Å². The molecule has 4 rings (SSSR count). The van der Waals surface area contributed by atoms with Gasteiger partial charge < -0.3 is 14.8 Å². The van der Waals surface area contributed by atoms with Gasteiger partial charge in [0.15, 0.2) is 5.13 Å². The maximum atomic E-state index is 13.3. The molecular formula is C28H28BrN3O4S. The van der Waals surface area contributed by atoms with Crippen LogP contribution in [-0.2, 0) is 19.1 Å². The van der Waals surface area contributed by atoms with Gasteiger partial charge in [0.25, 0.3) is 0 Å². The molecule has 1 aliphatic rings. The van der Waals surface area contributed by atoms with Crippen LogP contribution in [0.15, 0.2) is 76.2 Å². The van der Waals surface area contributed by atoms with Crippen molar-refractivity contribution in [3.63, 3.8) is 0 Å². The summed E-state index contributed by atoms with van der Waals surface area (Å²) in [6, 6.07) is 17.6. The Labute approximate surface area is 228 Å². The number of hydrogen-bond donors (Lipinski definition) is 1. The van der Waals surface area contributed by atoms with Gasteiger partial charge in [0, 0.05) is 33.6 Å².